The van der Waals surface area contributed by atoms with E-state index in [1.165, 1.54) is 12.3 Å². The first-order valence-corrected chi connectivity index (χ1v) is 8.00. The smallest absolute Gasteiger partial charge is 0.254 e. The molecule has 0 saturated heterocycles. The first kappa shape index (κ1) is 16.9. The van der Waals surface area contributed by atoms with Gasteiger partial charge in [0.1, 0.15) is 5.56 Å². The van der Waals surface area contributed by atoms with Gasteiger partial charge >= 0.3 is 0 Å². The highest BCUT2D eigenvalue weighted by Crippen LogP contribution is 2.34. The summed E-state index contributed by atoms with van der Waals surface area (Å²) in [7, 11) is 0. The number of anilines is 2. The molecule has 1 saturated carbocycles. The number of benzene rings is 1. The lowest BCUT2D eigenvalue weighted by Gasteiger charge is -2.26. The van der Waals surface area contributed by atoms with E-state index >= 15 is 0 Å². The van der Waals surface area contributed by atoms with Crippen molar-refractivity contribution in [1.82, 2.24) is 9.78 Å². The van der Waals surface area contributed by atoms with Gasteiger partial charge in [0, 0.05) is 18.0 Å². The second kappa shape index (κ2) is 6.89. The number of primary amides is 1. The highest BCUT2D eigenvalue weighted by Gasteiger charge is 2.28. The van der Waals surface area contributed by atoms with Gasteiger partial charge in [-0.1, -0.05) is 12.8 Å². The van der Waals surface area contributed by atoms with E-state index in [1.54, 1.807) is 4.68 Å². The van der Waals surface area contributed by atoms with Crippen LogP contribution in [-0.4, -0.2) is 15.7 Å². The Hall–Kier alpha value is -2.95. The minimum atomic E-state index is -1.01. The van der Waals surface area contributed by atoms with Crippen molar-refractivity contribution in [3.05, 3.63) is 41.6 Å². The molecule has 1 fully saturated rings. The molecule has 130 valence electrons. The number of rotatable bonds is 4. The van der Waals surface area contributed by atoms with E-state index in [2.05, 4.69) is 16.5 Å². The molecule has 1 heterocycles. The van der Waals surface area contributed by atoms with Crippen molar-refractivity contribution in [2.24, 2.45) is 11.7 Å². The van der Waals surface area contributed by atoms with E-state index in [1.807, 2.05) is 0 Å². The van der Waals surface area contributed by atoms with Crippen molar-refractivity contribution < 1.29 is 13.6 Å². The molecule has 8 heteroatoms. The van der Waals surface area contributed by atoms with E-state index in [0.29, 0.717) is 0 Å². The predicted molar refractivity (Wildman–Crippen MR) is 87.0 cm³/mol. The Kier molecular flexibility index (Phi) is 4.65. The zero-order valence-corrected chi connectivity index (χ0v) is 13.4. The molecule has 0 bridgehead atoms. The van der Waals surface area contributed by atoms with Crippen LogP contribution in [0.3, 0.4) is 0 Å². The van der Waals surface area contributed by atoms with Gasteiger partial charge in [0.25, 0.3) is 5.91 Å². The Morgan fingerprint density at radius 2 is 2.08 bits per heavy atom. The summed E-state index contributed by atoms with van der Waals surface area (Å²) >= 11 is 0. The van der Waals surface area contributed by atoms with Gasteiger partial charge in [-0.05, 0) is 25.0 Å². The average molecular weight is 345 g/mol. The van der Waals surface area contributed by atoms with Crippen LogP contribution < -0.4 is 11.1 Å². The lowest BCUT2D eigenvalue weighted by atomic mass is 9.85. The van der Waals surface area contributed by atoms with Crippen LogP contribution in [0.25, 0.3) is 0 Å². The number of aromatic nitrogens is 2. The summed E-state index contributed by atoms with van der Waals surface area (Å²) in [6.07, 6.45) is 5.02. The second-order valence-electron chi connectivity index (χ2n) is 6.08. The van der Waals surface area contributed by atoms with Gasteiger partial charge < -0.3 is 11.1 Å². The summed E-state index contributed by atoms with van der Waals surface area (Å²) in [4.78, 5) is 11.7. The van der Waals surface area contributed by atoms with Gasteiger partial charge in [-0.25, -0.2) is 8.78 Å². The minimum absolute atomic E-state index is 0.131. The van der Waals surface area contributed by atoms with Gasteiger partial charge in [0.15, 0.2) is 17.5 Å². The van der Waals surface area contributed by atoms with Crippen molar-refractivity contribution in [3.63, 3.8) is 0 Å². The molecule has 1 amide bonds. The fourth-order valence-electron chi connectivity index (χ4n) is 3.12. The third kappa shape index (κ3) is 3.45. The van der Waals surface area contributed by atoms with Gasteiger partial charge in [-0.2, -0.15) is 10.4 Å². The van der Waals surface area contributed by atoms with Crippen molar-refractivity contribution in [2.45, 2.75) is 31.7 Å². The molecular weight excluding hydrogens is 328 g/mol. The number of hydrogen-bond donors (Lipinski definition) is 2. The lowest BCUT2D eigenvalue weighted by Crippen LogP contribution is -2.22. The van der Waals surface area contributed by atoms with Crippen molar-refractivity contribution in [3.8, 4) is 6.07 Å². The molecule has 0 spiro atoms. The SMILES string of the molecule is N#CC1CCCC[C@@H]1n1cc(C(N)=O)c(Nc2ccc(F)c(F)c2)n1. The fraction of sp³-hybridized carbons (Fsp3) is 0.353. The molecule has 2 aromatic rings. The molecule has 1 aliphatic rings. The van der Waals surface area contributed by atoms with Gasteiger partial charge in [-0.15, -0.1) is 0 Å². The largest absolute Gasteiger partial charge is 0.365 e. The molecule has 1 unspecified atom stereocenters. The lowest BCUT2D eigenvalue weighted by molar-refractivity contribution is 0.100. The topological polar surface area (TPSA) is 96.7 Å². The van der Waals surface area contributed by atoms with Gasteiger partial charge in [0.05, 0.1) is 18.0 Å². The molecule has 25 heavy (non-hydrogen) atoms. The highest BCUT2D eigenvalue weighted by molar-refractivity contribution is 5.98. The van der Waals surface area contributed by atoms with Crippen LogP contribution in [0.15, 0.2) is 24.4 Å². The van der Waals surface area contributed by atoms with Gasteiger partial charge in [0.2, 0.25) is 0 Å². The normalized spacial score (nSPS) is 20.0. The van der Waals surface area contributed by atoms with E-state index < -0.39 is 17.5 Å². The summed E-state index contributed by atoms with van der Waals surface area (Å²) in [5, 5.41) is 16.5. The first-order chi connectivity index (χ1) is 12.0. The van der Waals surface area contributed by atoms with Gasteiger partial charge in [-0.3, -0.25) is 9.48 Å². The number of nitrogens with zero attached hydrogens (tertiary/aromatic N) is 3. The highest BCUT2D eigenvalue weighted by atomic mass is 19.2. The molecule has 1 aliphatic carbocycles. The monoisotopic (exact) mass is 345 g/mol. The molecule has 2 atom stereocenters. The fourth-order valence-corrected chi connectivity index (χ4v) is 3.12. The number of nitrogens with two attached hydrogens (primary N) is 1. The third-order valence-corrected chi connectivity index (χ3v) is 4.41. The Morgan fingerprint density at radius 3 is 2.76 bits per heavy atom. The summed E-state index contributed by atoms with van der Waals surface area (Å²) in [5.74, 6) is -2.71. The van der Waals surface area contributed by atoms with Crippen LogP contribution >= 0.6 is 0 Å². The third-order valence-electron chi connectivity index (χ3n) is 4.41. The van der Waals surface area contributed by atoms with Crippen LogP contribution in [-0.2, 0) is 0 Å². The van der Waals surface area contributed by atoms with E-state index in [0.717, 1.165) is 37.8 Å². The zero-order valence-electron chi connectivity index (χ0n) is 13.4. The molecule has 6 nitrogen and oxygen atoms in total. The number of carbonyl (C=O) groups excluding carboxylic acids is 1. The van der Waals surface area contributed by atoms with Crippen molar-refractivity contribution >= 4 is 17.4 Å². The van der Waals surface area contributed by atoms with Crippen molar-refractivity contribution in [2.75, 3.05) is 5.32 Å². The molecule has 1 aromatic heterocycles. The maximum Gasteiger partial charge on any atom is 0.254 e. The molecular formula is C17H17F2N5O. The predicted octanol–water partition coefficient (Wildman–Crippen LogP) is 3.26. The molecule has 1 aromatic carbocycles. The first-order valence-electron chi connectivity index (χ1n) is 8.00. The second-order valence-corrected chi connectivity index (χ2v) is 6.08. The number of nitriles is 1. The Labute approximate surface area is 143 Å². The quantitative estimate of drug-likeness (QED) is 0.889. The number of amides is 1. The van der Waals surface area contributed by atoms with Crippen LogP contribution in [0.1, 0.15) is 42.1 Å². The Bertz CT molecular complexity index is 842. The molecule has 0 radical (unpaired) electrons. The van der Waals surface area contributed by atoms with E-state index in [-0.39, 0.29) is 29.0 Å². The summed E-state index contributed by atoms with van der Waals surface area (Å²) in [6.45, 7) is 0. The average Bonchev–Trinajstić information content (AvgIpc) is 3.02. The molecule has 3 N–H and O–H groups in total. The van der Waals surface area contributed by atoms with Crippen molar-refractivity contribution in [1.29, 1.82) is 5.26 Å². The number of halogens is 2. The zero-order chi connectivity index (χ0) is 18.0. The minimum Gasteiger partial charge on any atom is -0.365 e. The summed E-state index contributed by atoms with van der Waals surface area (Å²) in [5.41, 5.74) is 5.78. The Balaban J connectivity index is 1.93. The summed E-state index contributed by atoms with van der Waals surface area (Å²) in [6, 6.07) is 5.43. The molecule has 3 rings (SSSR count). The molecule has 0 aliphatic heterocycles. The summed E-state index contributed by atoms with van der Waals surface area (Å²) < 4.78 is 28.0. The number of carbonyl (C=O) groups is 1. The number of nitrogens with one attached hydrogen (secondary N) is 1. The van der Waals surface area contributed by atoms with E-state index in [4.69, 9.17) is 5.73 Å². The van der Waals surface area contributed by atoms with E-state index in [9.17, 15) is 18.8 Å². The van der Waals surface area contributed by atoms with Crippen LogP contribution in [0, 0.1) is 28.9 Å². The number of hydrogen-bond acceptors (Lipinski definition) is 4. The Morgan fingerprint density at radius 1 is 1.32 bits per heavy atom. The van der Waals surface area contributed by atoms with Crippen LogP contribution in [0.5, 0.6) is 0 Å². The maximum absolute atomic E-state index is 13.4. The maximum atomic E-state index is 13.4. The van der Waals surface area contributed by atoms with Crippen LogP contribution in [0.2, 0.25) is 0 Å². The van der Waals surface area contributed by atoms with Crippen LogP contribution in [0.4, 0.5) is 20.3 Å². The standard InChI is InChI=1S/C17H17F2N5O/c18-13-6-5-11(7-14(13)19)22-17-12(16(21)25)9-24(23-17)15-4-2-1-3-10(15)8-20/h5-7,9-10,15H,1-4H2,(H2,21,25)(H,22,23)/t10?,15-/m0/s1.